The molecule has 0 bridgehead atoms. The normalized spacial score (nSPS) is 12.0. The molecule has 10 nitrogen and oxygen atoms in total. The summed E-state index contributed by atoms with van der Waals surface area (Å²) >= 11 is 5.81. The number of nitrogens with one attached hydrogen (secondary N) is 1. The number of benzene rings is 1. The second kappa shape index (κ2) is 10.2. The number of nitrogens with two attached hydrogens (primary N) is 1. The van der Waals surface area contributed by atoms with Gasteiger partial charge in [-0.2, -0.15) is 0 Å². The van der Waals surface area contributed by atoms with Crippen molar-refractivity contribution in [1.29, 1.82) is 0 Å². The van der Waals surface area contributed by atoms with E-state index < -0.39 is 13.4 Å². The lowest BCUT2D eigenvalue weighted by molar-refractivity contribution is -0.117. The first-order valence-corrected chi connectivity index (χ1v) is 8.38. The molecule has 0 spiro atoms. The van der Waals surface area contributed by atoms with Gasteiger partial charge in [-0.3, -0.25) is 4.79 Å². The van der Waals surface area contributed by atoms with E-state index in [0.29, 0.717) is 35.8 Å². The third-order valence-electron chi connectivity index (χ3n) is 3.49. The first-order chi connectivity index (χ1) is 12.5. The van der Waals surface area contributed by atoms with Crippen LogP contribution < -0.4 is 11.1 Å². The van der Waals surface area contributed by atoms with Crippen molar-refractivity contribution < 1.29 is 19.5 Å². The Morgan fingerprint density at radius 1 is 1.35 bits per heavy atom. The molecular weight excluding hydrogens is 362 g/mol. The van der Waals surface area contributed by atoms with Gasteiger partial charge in [0.25, 0.3) is 0 Å². The fraction of sp³-hybridized carbons (Fsp3) is 0.429. The predicted molar refractivity (Wildman–Crippen MR) is 94.8 cm³/mol. The van der Waals surface area contributed by atoms with Crippen LogP contribution in [0.1, 0.15) is 31.1 Å². The molecule has 0 saturated heterocycles. The zero-order valence-corrected chi connectivity index (χ0v) is 14.7. The standard InChI is InChI=1S/C14H20BClN6O4/c16-10-4-6-11(7-5-10)18-13(23)9-22-14(19-20-21-22)12(17)3-1-2-8-26-15(24)25/h4-7,12,24-25H,1-3,8-9,17H2,(H,18,23). The topological polar surface area (TPSA) is 148 Å². The molecular formula is C14H20BClN6O4. The van der Waals surface area contributed by atoms with Gasteiger partial charge in [-0.05, 0) is 54.0 Å². The Hall–Kier alpha value is -2.05. The first-order valence-electron chi connectivity index (χ1n) is 8.00. The van der Waals surface area contributed by atoms with Gasteiger partial charge >= 0.3 is 7.32 Å². The third kappa shape index (κ3) is 6.69. The van der Waals surface area contributed by atoms with Crippen molar-refractivity contribution in [3.8, 4) is 0 Å². The number of anilines is 1. The molecule has 0 fully saturated rings. The monoisotopic (exact) mass is 382 g/mol. The Morgan fingerprint density at radius 2 is 2.08 bits per heavy atom. The summed E-state index contributed by atoms with van der Waals surface area (Å²) in [5.41, 5.74) is 6.69. The molecule has 26 heavy (non-hydrogen) atoms. The van der Waals surface area contributed by atoms with Crippen LogP contribution in [0.15, 0.2) is 24.3 Å². The van der Waals surface area contributed by atoms with E-state index in [0.717, 1.165) is 0 Å². The lowest BCUT2D eigenvalue weighted by atomic mass is 10.1. The van der Waals surface area contributed by atoms with E-state index in [9.17, 15) is 4.79 Å². The summed E-state index contributed by atoms with van der Waals surface area (Å²) in [6.45, 7) is 0.136. The fourth-order valence-corrected chi connectivity index (χ4v) is 2.37. The molecule has 2 aromatic rings. The molecule has 0 saturated carbocycles. The second-order valence-electron chi connectivity index (χ2n) is 5.55. The molecule has 1 heterocycles. The molecule has 1 unspecified atom stereocenters. The summed E-state index contributed by atoms with van der Waals surface area (Å²) in [6, 6.07) is 6.28. The minimum Gasteiger partial charge on any atom is -0.402 e. The molecule has 0 aliphatic heterocycles. The summed E-state index contributed by atoms with van der Waals surface area (Å²) in [7, 11) is -1.77. The van der Waals surface area contributed by atoms with Gasteiger partial charge in [0.15, 0.2) is 5.82 Å². The number of amides is 1. The molecule has 0 radical (unpaired) electrons. The van der Waals surface area contributed by atoms with Crippen LogP contribution in [0.2, 0.25) is 5.02 Å². The first kappa shape index (κ1) is 20.3. The largest absolute Gasteiger partial charge is 0.633 e. The van der Waals surface area contributed by atoms with Crippen LogP contribution in [0, 0.1) is 0 Å². The van der Waals surface area contributed by atoms with E-state index >= 15 is 0 Å². The van der Waals surface area contributed by atoms with Gasteiger partial charge in [-0.15, -0.1) is 5.10 Å². The number of hydrogen-bond acceptors (Lipinski definition) is 8. The molecule has 0 aliphatic carbocycles. The SMILES string of the molecule is NC(CCCCOB(O)O)c1nnnn1CC(=O)Nc1ccc(Cl)cc1. The van der Waals surface area contributed by atoms with Crippen LogP contribution in [0.25, 0.3) is 0 Å². The molecule has 12 heteroatoms. The Bertz CT molecular complexity index is 699. The highest BCUT2D eigenvalue weighted by Gasteiger charge is 2.17. The summed E-state index contributed by atoms with van der Waals surface area (Å²) in [4.78, 5) is 12.1. The summed E-state index contributed by atoms with van der Waals surface area (Å²) in [5, 5.41) is 31.7. The molecule has 1 aromatic heterocycles. The van der Waals surface area contributed by atoms with E-state index in [1.807, 2.05) is 0 Å². The van der Waals surface area contributed by atoms with Crippen molar-refractivity contribution >= 4 is 30.5 Å². The highest BCUT2D eigenvalue weighted by atomic mass is 35.5. The number of carbonyl (C=O) groups excluding carboxylic acids is 1. The van der Waals surface area contributed by atoms with Crippen molar-refractivity contribution in [2.75, 3.05) is 11.9 Å². The molecule has 1 amide bonds. The van der Waals surface area contributed by atoms with Crippen molar-refractivity contribution in [2.24, 2.45) is 5.73 Å². The summed E-state index contributed by atoms with van der Waals surface area (Å²) in [6.07, 6.45) is 1.84. The van der Waals surface area contributed by atoms with Crippen LogP contribution >= 0.6 is 11.6 Å². The average Bonchev–Trinajstić information content (AvgIpc) is 3.04. The zero-order chi connectivity index (χ0) is 18.9. The van der Waals surface area contributed by atoms with Gasteiger partial charge in [-0.1, -0.05) is 11.6 Å². The minimum atomic E-state index is -1.77. The molecule has 1 atom stereocenters. The highest BCUT2D eigenvalue weighted by molar-refractivity contribution is 6.32. The van der Waals surface area contributed by atoms with Crippen LogP contribution in [-0.2, 0) is 16.0 Å². The van der Waals surface area contributed by atoms with Gasteiger partial charge < -0.3 is 25.8 Å². The zero-order valence-electron chi connectivity index (χ0n) is 14.0. The van der Waals surface area contributed by atoms with Crippen molar-refractivity contribution in [1.82, 2.24) is 20.2 Å². The number of aromatic nitrogens is 4. The summed E-state index contributed by atoms with van der Waals surface area (Å²) < 4.78 is 5.97. The van der Waals surface area contributed by atoms with Crippen LogP contribution in [0.4, 0.5) is 5.69 Å². The summed E-state index contributed by atoms with van der Waals surface area (Å²) in [5.74, 6) is 0.109. The number of carbonyl (C=O) groups is 1. The van der Waals surface area contributed by atoms with E-state index in [1.54, 1.807) is 24.3 Å². The van der Waals surface area contributed by atoms with E-state index in [4.69, 9.17) is 27.4 Å². The Balaban J connectivity index is 1.82. The van der Waals surface area contributed by atoms with Gasteiger partial charge in [0.1, 0.15) is 6.54 Å². The molecule has 0 aliphatic rings. The van der Waals surface area contributed by atoms with Gasteiger partial charge in [0.2, 0.25) is 5.91 Å². The third-order valence-corrected chi connectivity index (χ3v) is 3.74. The lowest BCUT2D eigenvalue weighted by Crippen LogP contribution is -2.24. The lowest BCUT2D eigenvalue weighted by Gasteiger charge is -2.12. The smallest absolute Gasteiger partial charge is 0.402 e. The molecule has 5 N–H and O–H groups in total. The van der Waals surface area contributed by atoms with Gasteiger partial charge in [0, 0.05) is 17.3 Å². The van der Waals surface area contributed by atoms with Crippen LogP contribution in [-0.4, -0.2) is 50.1 Å². The Kier molecular flexibility index (Phi) is 7.94. The number of hydrogen-bond donors (Lipinski definition) is 4. The van der Waals surface area contributed by atoms with Crippen LogP contribution in [0.5, 0.6) is 0 Å². The second-order valence-corrected chi connectivity index (χ2v) is 5.99. The maximum absolute atomic E-state index is 12.1. The fourth-order valence-electron chi connectivity index (χ4n) is 2.24. The maximum Gasteiger partial charge on any atom is 0.633 e. The number of halogens is 1. The number of nitrogens with zero attached hydrogens (tertiary/aromatic N) is 4. The highest BCUT2D eigenvalue weighted by Crippen LogP contribution is 2.15. The van der Waals surface area contributed by atoms with Crippen LogP contribution in [0.3, 0.4) is 0 Å². The number of unbranched alkanes of at least 4 members (excludes halogenated alkanes) is 1. The molecule has 1 aromatic carbocycles. The van der Waals surface area contributed by atoms with Gasteiger partial charge in [-0.25, -0.2) is 4.68 Å². The Labute approximate surface area is 155 Å². The van der Waals surface area contributed by atoms with Crippen molar-refractivity contribution in [3.63, 3.8) is 0 Å². The van der Waals surface area contributed by atoms with E-state index in [-0.39, 0.29) is 19.1 Å². The van der Waals surface area contributed by atoms with Gasteiger partial charge in [0.05, 0.1) is 6.04 Å². The maximum atomic E-state index is 12.1. The van der Waals surface area contributed by atoms with Crippen molar-refractivity contribution in [2.45, 2.75) is 31.8 Å². The van der Waals surface area contributed by atoms with E-state index in [1.165, 1.54) is 4.68 Å². The average molecular weight is 383 g/mol. The molecule has 2 rings (SSSR count). The minimum absolute atomic E-state index is 0.0710. The predicted octanol–water partition coefficient (Wildman–Crippen LogP) is 0.121. The van der Waals surface area contributed by atoms with E-state index in [2.05, 4.69) is 25.5 Å². The Morgan fingerprint density at radius 3 is 2.77 bits per heavy atom. The number of rotatable bonds is 10. The molecule has 140 valence electrons. The quantitative estimate of drug-likeness (QED) is 0.334. The number of tetrazole rings is 1. The van der Waals surface area contributed by atoms with Crippen molar-refractivity contribution in [3.05, 3.63) is 35.1 Å².